The Morgan fingerprint density at radius 1 is 1.15 bits per heavy atom. The highest BCUT2D eigenvalue weighted by Crippen LogP contribution is 2.16. The molecular formula is C9H11NO3. The van der Waals surface area contributed by atoms with Crippen molar-refractivity contribution < 1.29 is 14.4 Å². The zero-order valence-corrected chi connectivity index (χ0v) is 7.83. The van der Waals surface area contributed by atoms with E-state index in [9.17, 15) is 14.4 Å². The molecule has 0 N–H and O–H groups in total. The largest absolute Gasteiger partial charge is 0.375 e. The first-order valence-electron chi connectivity index (χ1n) is 3.96. The average molecular weight is 181 g/mol. The molecule has 13 heavy (non-hydrogen) atoms. The molecule has 0 aliphatic heterocycles. The van der Waals surface area contributed by atoms with Crippen LogP contribution in [0, 0.1) is 5.92 Å². The van der Waals surface area contributed by atoms with Gasteiger partial charge >= 0.3 is 0 Å². The number of hydrogen-bond acceptors (Lipinski definition) is 4. The van der Waals surface area contributed by atoms with Gasteiger partial charge in [0.25, 0.3) is 0 Å². The van der Waals surface area contributed by atoms with Gasteiger partial charge in [-0.2, -0.15) is 0 Å². The normalized spacial score (nSPS) is 23.2. The van der Waals surface area contributed by atoms with Crippen molar-refractivity contribution in [2.45, 2.75) is 6.92 Å². The van der Waals surface area contributed by atoms with Crippen LogP contribution < -0.4 is 0 Å². The van der Waals surface area contributed by atoms with Crippen molar-refractivity contribution in [2.24, 2.45) is 5.92 Å². The molecule has 1 unspecified atom stereocenters. The maximum atomic E-state index is 11.4. The molecule has 0 saturated heterocycles. The minimum Gasteiger partial charge on any atom is -0.375 e. The first kappa shape index (κ1) is 9.64. The highest BCUT2D eigenvalue weighted by molar-refractivity contribution is 6.48. The van der Waals surface area contributed by atoms with E-state index in [1.807, 2.05) is 0 Å². The Labute approximate surface area is 76.2 Å². The first-order chi connectivity index (χ1) is 5.95. The standard InChI is InChI=1S/C9H11NO3/c1-5-8(12)6(10(2)3)4-7(11)9(5)13/h4-5H,1-3H3. The van der Waals surface area contributed by atoms with E-state index in [0.29, 0.717) is 5.70 Å². The van der Waals surface area contributed by atoms with Crippen LogP contribution >= 0.6 is 0 Å². The lowest BCUT2D eigenvalue weighted by Gasteiger charge is -2.21. The summed E-state index contributed by atoms with van der Waals surface area (Å²) in [7, 11) is 3.33. The van der Waals surface area contributed by atoms with Gasteiger partial charge in [-0.25, -0.2) is 0 Å². The van der Waals surface area contributed by atoms with Crippen molar-refractivity contribution in [2.75, 3.05) is 14.1 Å². The molecule has 0 saturated carbocycles. The van der Waals surface area contributed by atoms with Gasteiger partial charge in [-0.15, -0.1) is 0 Å². The van der Waals surface area contributed by atoms with E-state index in [2.05, 4.69) is 0 Å². The maximum absolute atomic E-state index is 11.4. The van der Waals surface area contributed by atoms with E-state index in [1.165, 1.54) is 6.92 Å². The minimum absolute atomic E-state index is 0.283. The summed E-state index contributed by atoms with van der Waals surface area (Å²) in [6.07, 6.45) is 1.10. The number of Topliss-reactive ketones (excluding diaryl/α,β-unsaturated/α-hetero) is 2. The first-order valence-corrected chi connectivity index (χ1v) is 3.96. The number of ketones is 3. The maximum Gasteiger partial charge on any atom is 0.224 e. The number of likely N-dealkylation sites (N-methyl/N-ethyl adjacent to an activating group) is 1. The molecule has 4 nitrogen and oxygen atoms in total. The van der Waals surface area contributed by atoms with Gasteiger partial charge in [0.15, 0.2) is 5.78 Å². The molecule has 0 radical (unpaired) electrons. The third-order valence-corrected chi connectivity index (χ3v) is 2.03. The second kappa shape index (κ2) is 3.12. The Morgan fingerprint density at radius 3 is 2.15 bits per heavy atom. The molecule has 1 aliphatic rings. The molecule has 0 aromatic rings. The highest BCUT2D eigenvalue weighted by Gasteiger charge is 2.34. The third-order valence-electron chi connectivity index (χ3n) is 2.03. The number of hydrogen-bond donors (Lipinski definition) is 0. The Hall–Kier alpha value is -1.45. The Balaban J connectivity index is 3.12. The molecule has 1 aliphatic carbocycles. The van der Waals surface area contributed by atoms with E-state index >= 15 is 0 Å². The van der Waals surface area contributed by atoms with Gasteiger partial charge in [-0.1, -0.05) is 0 Å². The quantitative estimate of drug-likeness (QED) is 0.415. The minimum atomic E-state index is -0.824. The molecule has 0 amide bonds. The molecule has 0 bridgehead atoms. The van der Waals surface area contributed by atoms with Crippen LogP contribution in [0.1, 0.15) is 6.92 Å². The fourth-order valence-corrected chi connectivity index (χ4v) is 1.17. The smallest absolute Gasteiger partial charge is 0.224 e. The molecule has 0 fully saturated rings. The molecule has 4 heteroatoms. The second-order valence-corrected chi connectivity index (χ2v) is 3.24. The average Bonchev–Trinajstić information content (AvgIpc) is 2.07. The summed E-state index contributed by atoms with van der Waals surface area (Å²) >= 11 is 0. The molecule has 0 aromatic carbocycles. The van der Waals surface area contributed by atoms with E-state index in [0.717, 1.165) is 6.08 Å². The zero-order valence-electron chi connectivity index (χ0n) is 7.83. The lowest BCUT2D eigenvalue weighted by molar-refractivity contribution is -0.140. The molecule has 0 heterocycles. The summed E-state index contributed by atoms with van der Waals surface area (Å²) < 4.78 is 0. The number of carbonyl (C=O) groups excluding carboxylic acids is 3. The SMILES string of the molecule is CC1C(=O)C(=O)C=C(N(C)C)C1=O. The fraction of sp³-hybridized carbons (Fsp3) is 0.444. The summed E-state index contributed by atoms with van der Waals surface area (Å²) in [5, 5.41) is 0. The number of rotatable bonds is 1. The monoisotopic (exact) mass is 181 g/mol. The van der Waals surface area contributed by atoms with Crippen molar-refractivity contribution in [3.8, 4) is 0 Å². The molecule has 1 atom stereocenters. The predicted octanol–water partition coefficient (Wildman–Crippen LogP) is -0.211. The van der Waals surface area contributed by atoms with Gasteiger partial charge in [0.05, 0.1) is 11.6 Å². The van der Waals surface area contributed by atoms with E-state index in [1.54, 1.807) is 19.0 Å². The highest BCUT2D eigenvalue weighted by atomic mass is 16.2. The summed E-state index contributed by atoms with van der Waals surface area (Å²) in [5.74, 6) is -2.31. The number of carbonyl (C=O) groups is 3. The van der Waals surface area contributed by atoms with Crippen molar-refractivity contribution in [3.05, 3.63) is 11.8 Å². The summed E-state index contributed by atoms with van der Waals surface area (Å²) in [6, 6.07) is 0. The van der Waals surface area contributed by atoms with Crippen molar-refractivity contribution in [1.82, 2.24) is 4.90 Å². The van der Waals surface area contributed by atoms with Crippen LogP contribution in [0.25, 0.3) is 0 Å². The summed E-state index contributed by atoms with van der Waals surface area (Å²) in [6.45, 7) is 1.46. The van der Waals surface area contributed by atoms with Gasteiger partial charge in [-0.3, -0.25) is 14.4 Å². The lowest BCUT2D eigenvalue weighted by atomic mass is 9.90. The van der Waals surface area contributed by atoms with Gasteiger partial charge in [0.2, 0.25) is 11.6 Å². The number of allylic oxidation sites excluding steroid dienone is 2. The van der Waals surface area contributed by atoms with Crippen LogP contribution in [-0.2, 0) is 14.4 Å². The van der Waals surface area contributed by atoms with E-state index in [-0.39, 0.29) is 5.78 Å². The van der Waals surface area contributed by atoms with Crippen LogP contribution in [-0.4, -0.2) is 36.3 Å². The van der Waals surface area contributed by atoms with Crippen LogP contribution in [0.4, 0.5) is 0 Å². The van der Waals surface area contributed by atoms with Crippen LogP contribution in [0.3, 0.4) is 0 Å². The van der Waals surface area contributed by atoms with Crippen molar-refractivity contribution >= 4 is 17.3 Å². The second-order valence-electron chi connectivity index (χ2n) is 3.24. The van der Waals surface area contributed by atoms with Gasteiger partial charge in [0, 0.05) is 20.2 Å². The van der Waals surface area contributed by atoms with Gasteiger partial charge < -0.3 is 4.90 Å². The zero-order chi connectivity index (χ0) is 10.2. The number of nitrogens with zero attached hydrogens (tertiary/aromatic N) is 1. The van der Waals surface area contributed by atoms with Crippen molar-refractivity contribution in [3.63, 3.8) is 0 Å². The Bertz CT molecular complexity index is 315. The van der Waals surface area contributed by atoms with Crippen LogP contribution in [0.2, 0.25) is 0 Å². The fourth-order valence-electron chi connectivity index (χ4n) is 1.17. The molecule has 70 valence electrons. The van der Waals surface area contributed by atoms with E-state index in [4.69, 9.17) is 0 Å². The Kier molecular flexibility index (Phi) is 2.32. The summed E-state index contributed by atoms with van der Waals surface area (Å²) in [4.78, 5) is 35.1. The summed E-state index contributed by atoms with van der Waals surface area (Å²) in [5.41, 5.74) is 0.303. The van der Waals surface area contributed by atoms with Crippen LogP contribution in [0.5, 0.6) is 0 Å². The molecule has 1 rings (SSSR count). The molecule has 0 aromatic heterocycles. The third kappa shape index (κ3) is 1.52. The van der Waals surface area contributed by atoms with Crippen molar-refractivity contribution in [1.29, 1.82) is 0 Å². The molecule has 0 spiro atoms. The topological polar surface area (TPSA) is 54.5 Å². The van der Waals surface area contributed by atoms with Gasteiger partial charge in [0.1, 0.15) is 0 Å². The van der Waals surface area contributed by atoms with Crippen LogP contribution in [0.15, 0.2) is 11.8 Å². The van der Waals surface area contributed by atoms with Gasteiger partial charge in [-0.05, 0) is 6.92 Å². The lowest BCUT2D eigenvalue weighted by Crippen LogP contribution is -2.37. The molecular weight excluding hydrogens is 170 g/mol. The predicted molar refractivity (Wildman–Crippen MR) is 46.0 cm³/mol. The van der Waals surface area contributed by atoms with E-state index < -0.39 is 17.5 Å². The Morgan fingerprint density at radius 2 is 1.69 bits per heavy atom.